The molecule has 3 N–H and O–H groups in total. The average Bonchev–Trinajstić information content (AvgIpc) is 2.43. The van der Waals surface area contributed by atoms with Crippen molar-refractivity contribution < 1.29 is 4.79 Å². The van der Waals surface area contributed by atoms with E-state index in [4.69, 9.17) is 18.0 Å². The Hall–Kier alpha value is -1.46. The van der Waals surface area contributed by atoms with Gasteiger partial charge in [-0.2, -0.15) is 0 Å². The van der Waals surface area contributed by atoms with Crippen LogP contribution in [-0.4, -0.2) is 17.2 Å². The third kappa shape index (κ3) is 1.36. The fraction of sp³-hybridized carbons (Fsp3) is 0.111. The third-order valence-electron chi connectivity index (χ3n) is 2.03. The lowest BCUT2D eigenvalue weighted by Gasteiger charge is -2.18. The maximum absolute atomic E-state index is 11.4. The van der Waals surface area contributed by atoms with E-state index in [-0.39, 0.29) is 6.03 Å². The minimum absolute atomic E-state index is 0.270. The first kappa shape index (κ1) is 9.11. The van der Waals surface area contributed by atoms with Gasteiger partial charge in [0.2, 0.25) is 0 Å². The Morgan fingerprint density at radius 1 is 1.36 bits per heavy atom. The number of nitrogens with zero attached hydrogens (tertiary/aromatic N) is 1. The smallest absolute Gasteiger partial charge is 0.305 e. The molecule has 72 valence electrons. The van der Waals surface area contributed by atoms with Crippen LogP contribution < -0.4 is 16.0 Å². The second kappa shape index (κ2) is 3.36. The SMILES string of the molecule is NC1C(=S)NC(=O)N1c1ccccc1. The normalized spacial score (nSPS) is 21.2. The highest BCUT2D eigenvalue weighted by atomic mass is 32.1. The summed E-state index contributed by atoms with van der Waals surface area (Å²) in [5, 5.41) is 2.51. The van der Waals surface area contributed by atoms with Crippen molar-refractivity contribution in [3.05, 3.63) is 30.3 Å². The molecule has 1 atom stereocenters. The number of carbonyl (C=O) groups excluding carboxylic acids is 1. The van der Waals surface area contributed by atoms with Crippen LogP contribution in [0.25, 0.3) is 0 Å². The molecule has 1 aliphatic heterocycles. The number of nitrogens with two attached hydrogens (primary N) is 1. The molecule has 0 aromatic heterocycles. The van der Waals surface area contributed by atoms with Crippen molar-refractivity contribution in [3.63, 3.8) is 0 Å². The molecule has 0 radical (unpaired) electrons. The van der Waals surface area contributed by atoms with Gasteiger partial charge in [-0.3, -0.25) is 10.2 Å². The Morgan fingerprint density at radius 2 is 2.00 bits per heavy atom. The number of urea groups is 1. The summed E-state index contributed by atoms with van der Waals surface area (Å²) in [6.45, 7) is 0. The van der Waals surface area contributed by atoms with Crippen LogP contribution in [0.4, 0.5) is 10.5 Å². The lowest BCUT2D eigenvalue weighted by molar-refractivity contribution is 0.252. The first-order valence-electron chi connectivity index (χ1n) is 4.15. The monoisotopic (exact) mass is 207 g/mol. The Balaban J connectivity index is 2.36. The Kier molecular flexibility index (Phi) is 2.18. The summed E-state index contributed by atoms with van der Waals surface area (Å²) in [6, 6.07) is 8.92. The number of nitrogens with one attached hydrogen (secondary N) is 1. The second-order valence-electron chi connectivity index (χ2n) is 2.94. The average molecular weight is 207 g/mol. The Labute approximate surface area is 86.7 Å². The fourth-order valence-electron chi connectivity index (χ4n) is 1.35. The van der Waals surface area contributed by atoms with Crippen molar-refractivity contribution in [3.8, 4) is 0 Å². The molecule has 1 aliphatic rings. The molecular formula is C9H9N3OS. The summed E-state index contributed by atoms with van der Waals surface area (Å²) in [5.74, 6) is 0. The molecule has 0 spiro atoms. The van der Waals surface area contributed by atoms with Gasteiger partial charge in [0, 0.05) is 5.69 Å². The number of hydrogen-bond acceptors (Lipinski definition) is 3. The summed E-state index contributed by atoms with van der Waals surface area (Å²) >= 11 is 4.90. The third-order valence-corrected chi connectivity index (χ3v) is 2.37. The molecule has 2 rings (SSSR count). The van der Waals surface area contributed by atoms with Crippen molar-refractivity contribution in [1.82, 2.24) is 5.32 Å². The molecule has 0 bridgehead atoms. The number of thiocarbonyl (C=S) groups is 1. The number of hydrogen-bond donors (Lipinski definition) is 2. The van der Waals surface area contributed by atoms with E-state index in [0.29, 0.717) is 4.99 Å². The molecule has 1 aromatic rings. The minimum atomic E-state index is -0.556. The maximum Gasteiger partial charge on any atom is 0.328 e. The van der Waals surface area contributed by atoms with Crippen LogP contribution in [0.1, 0.15) is 0 Å². The summed E-state index contributed by atoms with van der Waals surface area (Å²) in [5.41, 5.74) is 6.49. The van der Waals surface area contributed by atoms with Crippen LogP contribution in [0.15, 0.2) is 30.3 Å². The molecule has 5 heteroatoms. The lowest BCUT2D eigenvalue weighted by Crippen LogP contribution is -2.41. The quantitative estimate of drug-likeness (QED) is 0.670. The van der Waals surface area contributed by atoms with Gasteiger partial charge in [-0.25, -0.2) is 4.79 Å². The number of para-hydroxylation sites is 1. The molecule has 2 amide bonds. The lowest BCUT2D eigenvalue weighted by atomic mass is 10.3. The van der Waals surface area contributed by atoms with E-state index in [1.165, 1.54) is 4.90 Å². The predicted octanol–water partition coefficient (Wildman–Crippen LogP) is 0.828. The highest BCUT2D eigenvalue weighted by Crippen LogP contribution is 2.18. The van der Waals surface area contributed by atoms with E-state index < -0.39 is 6.17 Å². The topological polar surface area (TPSA) is 58.4 Å². The van der Waals surface area contributed by atoms with Crippen molar-refractivity contribution in [2.24, 2.45) is 5.73 Å². The summed E-state index contributed by atoms with van der Waals surface area (Å²) < 4.78 is 0. The zero-order valence-corrected chi connectivity index (χ0v) is 8.12. The molecular weight excluding hydrogens is 198 g/mol. The predicted molar refractivity (Wildman–Crippen MR) is 58.0 cm³/mol. The van der Waals surface area contributed by atoms with Gasteiger partial charge in [-0.1, -0.05) is 30.4 Å². The van der Waals surface area contributed by atoms with Gasteiger partial charge in [-0.15, -0.1) is 0 Å². The van der Waals surface area contributed by atoms with E-state index in [2.05, 4.69) is 5.32 Å². The van der Waals surface area contributed by atoms with E-state index in [9.17, 15) is 4.79 Å². The zero-order chi connectivity index (χ0) is 10.1. The second-order valence-corrected chi connectivity index (χ2v) is 3.38. The summed E-state index contributed by atoms with van der Waals surface area (Å²) in [6.07, 6.45) is -0.556. The summed E-state index contributed by atoms with van der Waals surface area (Å²) in [7, 11) is 0. The van der Waals surface area contributed by atoms with E-state index in [1.807, 2.05) is 30.3 Å². The van der Waals surface area contributed by atoms with Crippen LogP contribution in [0, 0.1) is 0 Å². The fourth-order valence-corrected chi connectivity index (χ4v) is 1.54. The number of carbonyl (C=O) groups is 1. The molecule has 4 nitrogen and oxygen atoms in total. The molecule has 0 saturated carbocycles. The molecule has 1 heterocycles. The molecule has 14 heavy (non-hydrogen) atoms. The van der Waals surface area contributed by atoms with Crippen molar-refractivity contribution in [1.29, 1.82) is 0 Å². The van der Waals surface area contributed by atoms with Gasteiger partial charge in [0.1, 0.15) is 11.2 Å². The van der Waals surface area contributed by atoms with Crippen LogP contribution in [-0.2, 0) is 0 Å². The van der Waals surface area contributed by atoms with E-state index in [1.54, 1.807) is 0 Å². The minimum Gasteiger partial charge on any atom is -0.305 e. The van der Waals surface area contributed by atoms with Crippen LogP contribution in [0.3, 0.4) is 0 Å². The summed E-state index contributed by atoms with van der Waals surface area (Å²) in [4.78, 5) is 13.2. The van der Waals surface area contributed by atoms with Crippen LogP contribution >= 0.6 is 12.2 Å². The van der Waals surface area contributed by atoms with Gasteiger partial charge in [0.25, 0.3) is 0 Å². The zero-order valence-electron chi connectivity index (χ0n) is 7.31. The van der Waals surface area contributed by atoms with E-state index >= 15 is 0 Å². The van der Waals surface area contributed by atoms with Crippen LogP contribution in [0.2, 0.25) is 0 Å². The van der Waals surface area contributed by atoms with Crippen molar-refractivity contribution >= 4 is 28.9 Å². The largest absolute Gasteiger partial charge is 0.328 e. The molecule has 1 aromatic carbocycles. The van der Waals surface area contributed by atoms with Gasteiger partial charge < -0.3 is 5.73 Å². The van der Waals surface area contributed by atoms with Crippen molar-refractivity contribution in [2.75, 3.05) is 4.90 Å². The molecule has 0 aliphatic carbocycles. The molecule has 1 fully saturated rings. The molecule has 1 unspecified atom stereocenters. The van der Waals surface area contributed by atoms with Gasteiger partial charge in [0.05, 0.1) is 0 Å². The molecule has 1 saturated heterocycles. The first-order valence-corrected chi connectivity index (χ1v) is 4.55. The number of benzene rings is 1. The van der Waals surface area contributed by atoms with Gasteiger partial charge in [-0.05, 0) is 12.1 Å². The number of anilines is 1. The Bertz CT molecular complexity index is 379. The van der Waals surface area contributed by atoms with Gasteiger partial charge >= 0.3 is 6.03 Å². The highest BCUT2D eigenvalue weighted by molar-refractivity contribution is 7.80. The Morgan fingerprint density at radius 3 is 2.50 bits per heavy atom. The standard InChI is InChI=1S/C9H9N3OS/c10-7-8(14)11-9(13)12(7)6-4-2-1-3-5-6/h1-5,7H,10H2,(H,11,13,14). The first-order chi connectivity index (χ1) is 6.70. The number of rotatable bonds is 1. The number of amides is 2. The van der Waals surface area contributed by atoms with E-state index in [0.717, 1.165) is 5.69 Å². The highest BCUT2D eigenvalue weighted by Gasteiger charge is 2.33. The van der Waals surface area contributed by atoms with Gasteiger partial charge in [0.15, 0.2) is 0 Å². The van der Waals surface area contributed by atoms with Crippen LogP contribution in [0.5, 0.6) is 0 Å². The van der Waals surface area contributed by atoms with Crippen molar-refractivity contribution in [2.45, 2.75) is 6.17 Å². The maximum atomic E-state index is 11.4.